The van der Waals surface area contributed by atoms with Crippen molar-refractivity contribution in [1.82, 2.24) is 0 Å². The van der Waals surface area contributed by atoms with Gasteiger partial charge in [0, 0.05) is 3.57 Å². The van der Waals surface area contributed by atoms with Crippen LogP contribution in [0.1, 0.15) is 18.6 Å². The number of benzene rings is 2. The van der Waals surface area contributed by atoms with Gasteiger partial charge in [-0.25, -0.2) is 12.8 Å². The Morgan fingerprint density at radius 2 is 1.95 bits per heavy atom. The van der Waals surface area contributed by atoms with Crippen molar-refractivity contribution in [2.24, 2.45) is 0 Å². The van der Waals surface area contributed by atoms with Gasteiger partial charge < -0.3 is 5.11 Å². The Balaban J connectivity index is 2.36. The van der Waals surface area contributed by atoms with E-state index in [-0.39, 0.29) is 4.90 Å². The molecule has 0 bridgehead atoms. The molecule has 1 unspecified atom stereocenters. The molecule has 21 heavy (non-hydrogen) atoms. The topological polar surface area (TPSA) is 66.4 Å². The number of rotatable bonds is 4. The first kappa shape index (κ1) is 16.2. The van der Waals surface area contributed by atoms with E-state index in [9.17, 15) is 17.9 Å². The second kappa shape index (κ2) is 6.29. The van der Waals surface area contributed by atoms with Crippen molar-refractivity contribution in [3.8, 4) is 0 Å². The summed E-state index contributed by atoms with van der Waals surface area (Å²) in [5, 5.41) is 9.52. The molecule has 0 spiro atoms. The van der Waals surface area contributed by atoms with E-state index in [0.29, 0.717) is 14.8 Å². The minimum Gasteiger partial charge on any atom is -0.389 e. The third-order valence-corrected chi connectivity index (χ3v) is 5.08. The van der Waals surface area contributed by atoms with Crippen molar-refractivity contribution >= 4 is 38.3 Å². The Morgan fingerprint density at radius 3 is 2.57 bits per heavy atom. The summed E-state index contributed by atoms with van der Waals surface area (Å²) >= 11 is 1.86. The van der Waals surface area contributed by atoms with Crippen LogP contribution in [0.2, 0.25) is 0 Å². The Kier molecular flexibility index (Phi) is 4.84. The molecule has 1 atom stereocenters. The van der Waals surface area contributed by atoms with Gasteiger partial charge >= 0.3 is 0 Å². The maximum atomic E-state index is 13.0. The zero-order valence-corrected chi connectivity index (χ0v) is 14.0. The summed E-state index contributed by atoms with van der Waals surface area (Å²) in [6.45, 7) is 1.56. The maximum absolute atomic E-state index is 13.0. The van der Waals surface area contributed by atoms with Gasteiger partial charge in [0.2, 0.25) is 0 Å². The highest BCUT2D eigenvalue weighted by Gasteiger charge is 2.17. The van der Waals surface area contributed by atoms with Gasteiger partial charge in [0.1, 0.15) is 5.82 Å². The molecule has 112 valence electrons. The quantitative estimate of drug-likeness (QED) is 0.745. The molecule has 0 aliphatic rings. The predicted octanol–water partition coefficient (Wildman–Crippen LogP) is 3.28. The second-order valence-electron chi connectivity index (χ2n) is 4.48. The van der Waals surface area contributed by atoms with E-state index in [1.807, 2.05) is 22.6 Å². The lowest BCUT2D eigenvalue weighted by molar-refractivity contribution is 0.199. The molecule has 4 nitrogen and oxygen atoms in total. The van der Waals surface area contributed by atoms with Crippen LogP contribution in [0.25, 0.3) is 0 Å². The molecular weight excluding hydrogens is 408 g/mol. The number of sulfonamides is 1. The number of halogens is 2. The van der Waals surface area contributed by atoms with E-state index in [1.54, 1.807) is 19.1 Å². The highest BCUT2D eigenvalue weighted by Crippen LogP contribution is 2.24. The van der Waals surface area contributed by atoms with Crippen LogP contribution < -0.4 is 4.72 Å². The Labute approximate surface area is 136 Å². The Bertz CT molecular complexity index is 763. The highest BCUT2D eigenvalue weighted by atomic mass is 127. The molecule has 0 aromatic heterocycles. The zero-order valence-electron chi connectivity index (χ0n) is 11.0. The Morgan fingerprint density at radius 1 is 1.24 bits per heavy atom. The number of nitrogens with one attached hydrogen (secondary N) is 1. The van der Waals surface area contributed by atoms with Gasteiger partial charge in [0.25, 0.3) is 10.0 Å². The molecule has 0 radical (unpaired) electrons. The molecule has 2 aromatic rings. The van der Waals surface area contributed by atoms with Crippen LogP contribution in [0.4, 0.5) is 10.1 Å². The van der Waals surface area contributed by atoms with Crippen molar-refractivity contribution in [2.75, 3.05) is 4.72 Å². The average Bonchev–Trinajstić information content (AvgIpc) is 2.42. The van der Waals surface area contributed by atoms with Crippen molar-refractivity contribution < 1.29 is 17.9 Å². The number of aliphatic hydroxyl groups excluding tert-OH is 1. The number of anilines is 1. The van der Waals surface area contributed by atoms with Gasteiger partial charge in [-0.3, -0.25) is 4.72 Å². The van der Waals surface area contributed by atoms with E-state index in [4.69, 9.17) is 0 Å². The highest BCUT2D eigenvalue weighted by molar-refractivity contribution is 14.1. The normalized spacial score (nSPS) is 13.0. The molecule has 0 saturated heterocycles. The summed E-state index contributed by atoms with van der Waals surface area (Å²) in [5.74, 6) is -0.432. The van der Waals surface area contributed by atoms with Crippen LogP contribution in [0.15, 0.2) is 47.4 Å². The predicted molar refractivity (Wildman–Crippen MR) is 87.0 cm³/mol. The van der Waals surface area contributed by atoms with Gasteiger partial charge in [-0.2, -0.15) is 0 Å². The number of aliphatic hydroxyl groups is 1. The van der Waals surface area contributed by atoms with Crippen LogP contribution >= 0.6 is 22.6 Å². The molecule has 0 aliphatic carbocycles. The SMILES string of the molecule is CC(O)c1cccc(S(=O)(=O)Nc2ccc(F)cc2I)c1. The fraction of sp³-hybridized carbons (Fsp3) is 0.143. The number of hydrogen-bond donors (Lipinski definition) is 2. The summed E-state index contributed by atoms with van der Waals surface area (Å²) in [5.41, 5.74) is 0.811. The van der Waals surface area contributed by atoms with Crippen molar-refractivity contribution in [2.45, 2.75) is 17.9 Å². The van der Waals surface area contributed by atoms with E-state index < -0.39 is 21.9 Å². The Hall–Kier alpha value is -1.19. The minimum atomic E-state index is -3.79. The van der Waals surface area contributed by atoms with Gasteiger partial charge in [0.15, 0.2) is 0 Å². The molecule has 0 saturated carbocycles. The lowest BCUT2D eigenvalue weighted by Crippen LogP contribution is -2.14. The van der Waals surface area contributed by atoms with Gasteiger partial charge in [-0.15, -0.1) is 0 Å². The van der Waals surface area contributed by atoms with E-state index >= 15 is 0 Å². The van der Waals surface area contributed by atoms with Gasteiger partial charge in [0.05, 0.1) is 16.7 Å². The molecule has 2 N–H and O–H groups in total. The molecule has 0 aliphatic heterocycles. The van der Waals surface area contributed by atoms with Crippen LogP contribution in [-0.4, -0.2) is 13.5 Å². The lowest BCUT2D eigenvalue weighted by Gasteiger charge is -2.11. The zero-order chi connectivity index (χ0) is 15.6. The van der Waals surface area contributed by atoms with E-state index in [2.05, 4.69) is 4.72 Å². The lowest BCUT2D eigenvalue weighted by atomic mass is 10.1. The summed E-state index contributed by atoms with van der Waals surface area (Å²) in [6, 6.07) is 9.84. The van der Waals surface area contributed by atoms with E-state index in [1.165, 1.54) is 30.3 Å². The molecule has 0 fully saturated rings. The molecule has 2 rings (SSSR count). The molecule has 2 aromatic carbocycles. The summed E-state index contributed by atoms with van der Waals surface area (Å²) in [6.07, 6.45) is -0.758. The summed E-state index contributed by atoms with van der Waals surface area (Å²) < 4.78 is 40.6. The van der Waals surface area contributed by atoms with Crippen LogP contribution in [0.5, 0.6) is 0 Å². The number of hydrogen-bond acceptors (Lipinski definition) is 3. The second-order valence-corrected chi connectivity index (χ2v) is 7.32. The van der Waals surface area contributed by atoms with Crippen LogP contribution in [0.3, 0.4) is 0 Å². The van der Waals surface area contributed by atoms with Gasteiger partial charge in [-0.1, -0.05) is 12.1 Å². The first-order valence-corrected chi connectivity index (χ1v) is 8.62. The van der Waals surface area contributed by atoms with Crippen LogP contribution in [0, 0.1) is 9.39 Å². The van der Waals surface area contributed by atoms with Gasteiger partial charge in [-0.05, 0) is 65.4 Å². The standard InChI is InChI=1S/C14H13FINO3S/c1-9(18)10-3-2-4-12(7-10)21(19,20)17-14-6-5-11(15)8-13(14)16/h2-9,17-18H,1H3. The monoisotopic (exact) mass is 421 g/mol. The average molecular weight is 421 g/mol. The van der Waals surface area contributed by atoms with Crippen molar-refractivity contribution in [3.63, 3.8) is 0 Å². The first-order valence-electron chi connectivity index (χ1n) is 6.05. The van der Waals surface area contributed by atoms with Crippen molar-refractivity contribution in [1.29, 1.82) is 0 Å². The first-order chi connectivity index (χ1) is 9.79. The van der Waals surface area contributed by atoms with Crippen molar-refractivity contribution in [3.05, 3.63) is 57.4 Å². The summed E-state index contributed by atoms with van der Waals surface area (Å²) in [4.78, 5) is 0.0426. The fourth-order valence-electron chi connectivity index (χ4n) is 1.72. The fourth-order valence-corrected chi connectivity index (χ4v) is 3.65. The summed E-state index contributed by atoms with van der Waals surface area (Å²) in [7, 11) is -3.79. The molecular formula is C14H13FINO3S. The maximum Gasteiger partial charge on any atom is 0.261 e. The van der Waals surface area contributed by atoms with E-state index in [0.717, 1.165) is 0 Å². The smallest absolute Gasteiger partial charge is 0.261 e. The largest absolute Gasteiger partial charge is 0.389 e. The molecule has 0 heterocycles. The minimum absolute atomic E-state index is 0.0426. The molecule has 0 amide bonds. The molecule has 7 heteroatoms. The van der Waals surface area contributed by atoms with Crippen LogP contribution in [-0.2, 0) is 10.0 Å². The third-order valence-electron chi connectivity index (χ3n) is 2.83. The third kappa shape index (κ3) is 3.92.